The van der Waals surface area contributed by atoms with Gasteiger partial charge in [0.15, 0.2) is 0 Å². The number of amides is 3. The van der Waals surface area contributed by atoms with Crippen LogP contribution in [0.2, 0.25) is 0 Å². The van der Waals surface area contributed by atoms with Crippen LogP contribution in [0, 0.1) is 6.92 Å². The van der Waals surface area contributed by atoms with E-state index in [0.717, 1.165) is 29.7 Å². The van der Waals surface area contributed by atoms with Crippen LogP contribution in [0.4, 0.5) is 17.1 Å². The molecule has 1 heterocycles. The number of carbonyl (C=O) groups excluding carboxylic acids is 3. The molecular formula is C29H28ClN3O4. The van der Waals surface area contributed by atoms with Crippen molar-refractivity contribution in [3.8, 4) is 5.75 Å². The summed E-state index contributed by atoms with van der Waals surface area (Å²) in [6.07, 6.45) is 3.26. The Kier molecular flexibility index (Phi) is 7.94. The van der Waals surface area contributed by atoms with Crippen LogP contribution in [0.3, 0.4) is 0 Å². The first-order valence-corrected chi connectivity index (χ1v) is 12.4. The lowest BCUT2D eigenvalue weighted by Gasteiger charge is -2.16. The van der Waals surface area contributed by atoms with Gasteiger partial charge in [-0.3, -0.25) is 14.4 Å². The van der Waals surface area contributed by atoms with Crippen LogP contribution in [0.15, 0.2) is 77.5 Å². The molecule has 0 spiro atoms. The maximum atomic E-state index is 13.1. The number of hydrogen-bond donors (Lipinski definition) is 2. The smallest absolute Gasteiger partial charge is 0.283 e. The standard InChI is InChI=1S/C29H28ClN3O4/c1-4-5-6-19-8-11-21(12-9-19)31-27(34)20-10-7-18(2)24(17-20)32-26-25(30)28(35)33(29(26)36)22-13-15-23(37-3)16-14-22/h7-17,32H,4-6H2,1-3H3,(H,31,34). The fourth-order valence-electron chi connectivity index (χ4n) is 3.95. The molecule has 4 rings (SSSR count). The number of ether oxygens (including phenoxy) is 1. The number of benzene rings is 3. The normalized spacial score (nSPS) is 13.2. The number of unbranched alkanes of at least 4 members (excludes halogenated alkanes) is 1. The van der Waals surface area contributed by atoms with Crippen molar-refractivity contribution < 1.29 is 19.1 Å². The summed E-state index contributed by atoms with van der Waals surface area (Å²) in [6, 6.07) is 19.4. The number of carbonyl (C=O) groups is 3. The third kappa shape index (κ3) is 5.67. The second kappa shape index (κ2) is 11.3. The summed E-state index contributed by atoms with van der Waals surface area (Å²) in [6.45, 7) is 3.98. The van der Waals surface area contributed by atoms with Crippen molar-refractivity contribution in [2.24, 2.45) is 0 Å². The molecule has 0 bridgehead atoms. The highest BCUT2D eigenvalue weighted by Crippen LogP contribution is 2.32. The van der Waals surface area contributed by atoms with Gasteiger partial charge in [-0.25, -0.2) is 4.90 Å². The van der Waals surface area contributed by atoms with Crippen LogP contribution in [0.25, 0.3) is 0 Å². The number of nitrogens with one attached hydrogen (secondary N) is 2. The third-order valence-electron chi connectivity index (χ3n) is 6.15. The lowest BCUT2D eigenvalue weighted by Crippen LogP contribution is -2.32. The first-order valence-electron chi connectivity index (χ1n) is 12.0. The fraction of sp³-hybridized carbons (Fsp3) is 0.207. The molecule has 190 valence electrons. The molecule has 1 aliphatic heterocycles. The van der Waals surface area contributed by atoms with E-state index in [-0.39, 0.29) is 16.6 Å². The summed E-state index contributed by atoms with van der Waals surface area (Å²) in [5.74, 6) is -0.914. The molecule has 3 amide bonds. The van der Waals surface area contributed by atoms with E-state index in [2.05, 4.69) is 17.6 Å². The average Bonchev–Trinajstić information content (AvgIpc) is 3.12. The van der Waals surface area contributed by atoms with Crippen molar-refractivity contribution in [3.05, 3.63) is 94.1 Å². The number of hydrogen-bond acceptors (Lipinski definition) is 5. The van der Waals surface area contributed by atoms with Gasteiger partial charge in [-0.05, 0) is 79.4 Å². The fourth-order valence-corrected chi connectivity index (χ4v) is 4.16. The summed E-state index contributed by atoms with van der Waals surface area (Å²) >= 11 is 6.28. The second-order valence-electron chi connectivity index (χ2n) is 8.74. The lowest BCUT2D eigenvalue weighted by atomic mass is 10.1. The maximum absolute atomic E-state index is 13.1. The number of halogens is 1. The number of methoxy groups -OCH3 is 1. The zero-order valence-corrected chi connectivity index (χ0v) is 21.7. The van der Waals surface area contributed by atoms with Crippen molar-refractivity contribution in [2.75, 3.05) is 22.6 Å². The third-order valence-corrected chi connectivity index (χ3v) is 6.50. The molecule has 2 N–H and O–H groups in total. The Labute approximate surface area is 221 Å². The van der Waals surface area contributed by atoms with Crippen LogP contribution in [0.5, 0.6) is 5.75 Å². The first-order chi connectivity index (χ1) is 17.8. The zero-order valence-electron chi connectivity index (χ0n) is 20.9. The molecular weight excluding hydrogens is 490 g/mol. The number of imide groups is 1. The molecule has 0 unspecified atom stereocenters. The van der Waals surface area contributed by atoms with E-state index in [1.54, 1.807) is 42.5 Å². The Morgan fingerprint density at radius 3 is 2.32 bits per heavy atom. The zero-order chi connectivity index (χ0) is 26.5. The molecule has 0 saturated heterocycles. The van der Waals surface area contributed by atoms with E-state index in [1.807, 2.05) is 31.2 Å². The van der Waals surface area contributed by atoms with E-state index >= 15 is 0 Å². The molecule has 0 atom stereocenters. The van der Waals surface area contributed by atoms with E-state index in [1.165, 1.54) is 12.7 Å². The van der Waals surface area contributed by atoms with E-state index in [0.29, 0.717) is 28.4 Å². The first kappa shape index (κ1) is 26.0. The average molecular weight is 518 g/mol. The summed E-state index contributed by atoms with van der Waals surface area (Å²) in [7, 11) is 1.53. The molecule has 0 radical (unpaired) electrons. The van der Waals surface area contributed by atoms with Crippen molar-refractivity contribution in [3.63, 3.8) is 0 Å². The maximum Gasteiger partial charge on any atom is 0.283 e. The Morgan fingerprint density at radius 1 is 0.973 bits per heavy atom. The van der Waals surface area contributed by atoms with Gasteiger partial charge in [-0.1, -0.05) is 43.1 Å². The quantitative estimate of drug-likeness (QED) is 0.338. The summed E-state index contributed by atoms with van der Waals surface area (Å²) in [5, 5.41) is 5.65. The van der Waals surface area contributed by atoms with Crippen LogP contribution >= 0.6 is 11.6 Å². The van der Waals surface area contributed by atoms with Crippen LogP contribution in [-0.2, 0) is 16.0 Å². The van der Waals surface area contributed by atoms with E-state index in [9.17, 15) is 14.4 Å². The highest BCUT2D eigenvalue weighted by atomic mass is 35.5. The highest BCUT2D eigenvalue weighted by molar-refractivity contribution is 6.53. The molecule has 0 aliphatic carbocycles. The SMILES string of the molecule is CCCCc1ccc(NC(=O)c2ccc(C)c(NC3=C(Cl)C(=O)N(c4ccc(OC)cc4)C3=O)c2)cc1. The van der Waals surface area contributed by atoms with Gasteiger partial charge in [0.2, 0.25) is 0 Å². The molecule has 7 nitrogen and oxygen atoms in total. The highest BCUT2D eigenvalue weighted by Gasteiger charge is 2.39. The second-order valence-corrected chi connectivity index (χ2v) is 9.12. The topological polar surface area (TPSA) is 87.7 Å². The van der Waals surface area contributed by atoms with Gasteiger partial charge in [0, 0.05) is 16.9 Å². The van der Waals surface area contributed by atoms with Gasteiger partial charge in [-0.2, -0.15) is 0 Å². The van der Waals surface area contributed by atoms with Gasteiger partial charge in [-0.15, -0.1) is 0 Å². The summed E-state index contributed by atoms with van der Waals surface area (Å²) < 4.78 is 5.14. The van der Waals surface area contributed by atoms with Gasteiger partial charge >= 0.3 is 0 Å². The van der Waals surface area contributed by atoms with Gasteiger partial charge in [0.05, 0.1) is 12.8 Å². The molecule has 3 aromatic carbocycles. The van der Waals surface area contributed by atoms with Gasteiger partial charge < -0.3 is 15.4 Å². The Morgan fingerprint density at radius 2 is 1.68 bits per heavy atom. The largest absolute Gasteiger partial charge is 0.497 e. The monoisotopic (exact) mass is 517 g/mol. The molecule has 0 aromatic heterocycles. The predicted molar refractivity (Wildman–Crippen MR) is 146 cm³/mol. The number of rotatable bonds is 9. The van der Waals surface area contributed by atoms with Crippen molar-refractivity contribution in [2.45, 2.75) is 33.1 Å². The van der Waals surface area contributed by atoms with Crippen LogP contribution in [0.1, 0.15) is 41.3 Å². The summed E-state index contributed by atoms with van der Waals surface area (Å²) in [5.41, 5.74) is 3.90. The van der Waals surface area contributed by atoms with E-state index in [4.69, 9.17) is 16.3 Å². The Balaban J connectivity index is 1.50. The molecule has 8 heteroatoms. The molecule has 37 heavy (non-hydrogen) atoms. The molecule has 0 fully saturated rings. The van der Waals surface area contributed by atoms with E-state index < -0.39 is 11.8 Å². The minimum Gasteiger partial charge on any atom is -0.497 e. The summed E-state index contributed by atoms with van der Waals surface area (Å²) in [4.78, 5) is 39.9. The number of anilines is 3. The lowest BCUT2D eigenvalue weighted by molar-refractivity contribution is -0.120. The van der Waals surface area contributed by atoms with Crippen molar-refractivity contribution >= 4 is 46.4 Å². The van der Waals surface area contributed by atoms with Crippen LogP contribution in [-0.4, -0.2) is 24.8 Å². The number of aryl methyl sites for hydroxylation is 2. The Bertz CT molecular complexity index is 1360. The van der Waals surface area contributed by atoms with Crippen LogP contribution < -0.4 is 20.3 Å². The van der Waals surface area contributed by atoms with Crippen molar-refractivity contribution in [1.82, 2.24) is 0 Å². The minimum absolute atomic E-state index is 0.0502. The molecule has 1 aliphatic rings. The predicted octanol–water partition coefficient (Wildman–Crippen LogP) is 6.03. The molecule has 3 aromatic rings. The van der Waals surface area contributed by atoms with Gasteiger partial charge in [0.1, 0.15) is 16.5 Å². The Hall–Kier alpha value is -4.10. The minimum atomic E-state index is -0.631. The van der Waals surface area contributed by atoms with Crippen molar-refractivity contribution in [1.29, 1.82) is 0 Å². The number of nitrogens with zero attached hydrogens (tertiary/aromatic N) is 1. The molecule has 0 saturated carbocycles. The van der Waals surface area contributed by atoms with Gasteiger partial charge in [0.25, 0.3) is 17.7 Å².